The second-order valence-electron chi connectivity index (χ2n) is 3.44. The summed E-state index contributed by atoms with van der Waals surface area (Å²) in [7, 11) is 0. The number of nitrogens with zero attached hydrogens (tertiary/aromatic N) is 1. The highest BCUT2D eigenvalue weighted by atomic mass is 16.5. The monoisotopic (exact) mass is 235 g/mol. The Kier molecular flexibility index (Phi) is 3.56. The molecule has 0 fully saturated rings. The van der Waals surface area contributed by atoms with Gasteiger partial charge >= 0.3 is 0 Å². The standard InChI is InChI=1S/C11H13N3O3/c12-10(15)7-16-6-4-14-11-8-2-5-17-9(8)1-3-13-11/h1-3,5H,4,6-7H2,(H2,12,15)(H,13,14). The highest BCUT2D eigenvalue weighted by Gasteiger charge is 2.03. The first kappa shape index (κ1) is 11.4. The van der Waals surface area contributed by atoms with Crippen molar-refractivity contribution in [1.29, 1.82) is 0 Å². The number of nitrogens with two attached hydrogens (primary N) is 1. The molecule has 0 atom stereocenters. The van der Waals surface area contributed by atoms with Crippen LogP contribution in [0.5, 0.6) is 0 Å². The van der Waals surface area contributed by atoms with Gasteiger partial charge in [-0.3, -0.25) is 4.79 Å². The maximum Gasteiger partial charge on any atom is 0.243 e. The highest BCUT2D eigenvalue weighted by Crippen LogP contribution is 2.21. The van der Waals surface area contributed by atoms with Crippen LogP contribution in [0, 0.1) is 0 Å². The Morgan fingerprint density at radius 1 is 1.53 bits per heavy atom. The van der Waals surface area contributed by atoms with Gasteiger partial charge in [0, 0.05) is 12.7 Å². The Morgan fingerprint density at radius 3 is 3.24 bits per heavy atom. The van der Waals surface area contributed by atoms with Gasteiger partial charge in [0.1, 0.15) is 18.0 Å². The molecule has 0 saturated heterocycles. The Hall–Kier alpha value is -2.08. The molecule has 2 aromatic rings. The van der Waals surface area contributed by atoms with E-state index in [9.17, 15) is 4.79 Å². The van der Waals surface area contributed by atoms with Crippen LogP contribution >= 0.6 is 0 Å². The lowest BCUT2D eigenvalue weighted by Crippen LogP contribution is -2.20. The first-order valence-corrected chi connectivity index (χ1v) is 5.19. The summed E-state index contributed by atoms with van der Waals surface area (Å²) < 4.78 is 10.3. The minimum Gasteiger partial charge on any atom is -0.464 e. The molecule has 17 heavy (non-hydrogen) atoms. The molecule has 0 aromatic carbocycles. The van der Waals surface area contributed by atoms with Crippen molar-refractivity contribution in [2.75, 3.05) is 25.1 Å². The molecule has 0 radical (unpaired) electrons. The molecule has 0 saturated carbocycles. The van der Waals surface area contributed by atoms with E-state index in [0.717, 1.165) is 16.8 Å². The minimum absolute atomic E-state index is 0.0645. The Bertz CT molecular complexity index is 509. The van der Waals surface area contributed by atoms with Gasteiger partial charge in [0.05, 0.1) is 18.3 Å². The third-order valence-electron chi connectivity index (χ3n) is 2.16. The van der Waals surface area contributed by atoms with E-state index in [4.69, 9.17) is 14.9 Å². The van der Waals surface area contributed by atoms with Gasteiger partial charge in [-0.05, 0) is 12.1 Å². The molecule has 3 N–H and O–H groups in total. The maximum absolute atomic E-state index is 10.4. The zero-order valence-corrected chi connectivity index (χ0v) is 9.18. The lowest BCUT2D eigenvalue weighted by molar-refractivity contribution is -0.122. The Labute approximate surface area is 97.8 Å². The summed E-state index contributed by atoms with van der Waals surface area (Å²) in [5, 5.41) is 4.02. The first-order valence-electron chi connectivity index (χ1n) is 5.19. The minimum atomic E-state index is -0.472. The Morgan fingerprint density at radius 2 is 2.41 bits per heavy atom. The zero-order chi connectivity index (χ0) is 12.1. The molecular weight excluding hydrogens is 222 g/mol. The number of nitrogens with one attached hydrogen (secondary N) is 1. The van der Waals surface area contributed by atoms with Crippen LogP contribution < -0.4 is 11.1 Å². The maximum atomic E-state index is 10.4. The van der Waals surface area contributed by atoms with Crippen molar-refractivity contribution in [3.05, 3.63) is 24.6 Å². The first-order chi connectivity index (χ1) is 8.27. The van der Waals surface area contributed by atoms with E-state index in [-0.39, 0.29) is 6.61 Å². The predicted molar refractivity (Wildman–Crippen MR) is 62.5 cm³/mol. The van der Waals surface area contributed by atoms with Gasteiger partial charge < -0.3 is 20.2 Å². The number of ether oxygens (including phenoxy) is 1. The van der Waals surface area contributed by atoms with Crippen LogP contribution in [0.1, 0.15) is 0 Å². The van der Waals surface area contributed by atoms with Crippen LogP contribution in [0.25, 0.3) is 11.0 Å². The number of amides is 1. The number of anilines is 1. The van der Waals surface area contributed by atoms with E-state index in [1.807, 2.05) is 6.07 Å². The fourth-order valence-electron chi connectivity index (χ4n) is 1.45. The van der Waals surface area contributed by atoms with Crippen LogP contribution in [-0.2, 0) is 9.53 Å². The number of pyridine rings is 1. The summed E-state index contributed by atoms with van der Waals surface area (Å²) in [4.78, 5) is 14.6. The average molecular weight is 235 g/mol. The number of carbonyl (C=O) groups excluding carboxylic acids is 1. The van der Waals surface area contributed by atoms with Gasteiger partial charge in [-0.25, -0.2) is 4.98 Å². The van der Waals surface area contributed by atoms with Crippen LogP contribution in [0.4, 0.5) is 5.82 Å². The molecule has 2 aromatic heterocycles. The van der Waals surface area contributed by atoms with Crippen LogP contribution in [0.15, 0.2) is 29.0 Å². The van der Waals surface area contributed by atoms with Crippen LogP contribution in [-0.4, -0.2) is 30.6 Å². The molecular formula is C11H13N3O3. The number of carbonyl (C=O) groups is 1. The van der Waals surface area contributed by atoms with Crippen molar-refractivity contribution in [3.8, 4) is 0 Å². The van der Waals surface area contributed by atoms with Gasteiger partial charge in [-0.1, -0.05) is 0 Å². The van der Waals surface area contributed by atoms with E-state index in [1.165, 1.54) is 0 Å². The van der Waals surface area contributed by atoms with E-state index in [0.29, 0.717) is 13.2 Å². The van der Waals surface area contributed by atoms with Crippen molar-refractivity contribution in [3.63, 3.8) is 0 Å². The van der Waals surface area contributed by atoms with Crippen molar-refractivity contribution in [1.82, 2.24) is 4.98 Å². The van der Waals surface area contributed by atoms with Crippen molar-refractivity contribution in [2.45, 2.75) is 0 Å². The van der Waals surface area contributed by atoms with Crippen LogP contribution in [0.3, 0.4) is 0 Å². The molecule has 1 amide bonds. The zero-order valence-electron chi connectivity index (χ0n) is 9.18. The number of fused-ring (bicyclic) bond motifs is 1. The van der Waals surface area contributed by atoms with Gasteiger partial charge in [-0.2, -0.15) is 0 Å². The summed E-state index contributed by atoms with van der Waals surface area (Å²) in [5.41, 5.74) is 5.72. The molecule has 6 nitrogen and oxygen atoms in total. The van der Waals surface area contributed by atoms with Crippen molar-refractivity contribution < 1.29 is 13.9 Å². The number of furan rings is 1. The number of hydrogen-bond donors (Lipinski definition) is 2. The predicted octanol–water partition coefficient (Wildman–Crippen LogP) is 0.742. The van der Waals surface area contributed by atoms with Crippen molar-refractivity contribution in [2.24, 2.45) is 5.73 Å². The molecule has 90 valence electrons. The second-order valence-corrected chi connectivity index (χ2v) is 3.44. The lowest BCUT2D eigenvalue weighted by atomic mass is 10.3. The van der Waals surface area contributed by atoms with Gasteiger partial charge in [0.25, 0.3) is 0 Å². The summed E-state index contributed by atoms with van der Waals surface area (Å²) in [5.74, 6) is 0.263. The molecule has 2 rings (SSSR count). The van der Waals surface area contributed by atoms with E-state index in [1.54, 1.807) is 18.5 Å². The quantitative estimate of drug-likeness (QED) is 0.721. The summed E-state index contributed by atoms with van der Waals surface area (Å²) in [6, 6.07) is 3.64. The van der Waals surface area contributed by atoms with E-state index >= 15 is 0 Å². The molecule has 6 heteroatoms. The molecule has 0 bridgehead atoms. The number of hydrogen-bond acceptors (Lipinski definition) is 5. The fourth-order valence-corrected chi connectivity index (χ4v) is 1.45. The topological polar surface area (TPSA) is 90.4 Å². The summed E-state index contributed by atoms with van der Waals surface area (Å²) >= 11 is 0. The third kappa shape index (κ3) is 2.94. The normalized spacial score (nSPS) is 10.6. The molecule has 0 aliphatic carbocycles. The smallest absolute Gasteiger partial charge is 0.243 e. The second kappa shape index (κ2) is 5.31. The van der Waals surface area contributed by atoms with Gasteiger partial charge in [0.15, 0.2) is 0 Å². The molecule has 0 aliphatic rings. The van der Waals surface area contributed by atoms with Gasteiger partial charge in [0.2, 0.25) is 5.91 Å². The molecule has 0 unspecified atom stereocenters. The van der Waals surface area contributed by atoms with Crippen molar-refractivity contribution >= 4 is 22.7 Å². The summed E-state index contributed by atoms with van der Waals surface area (Å²) in [6.07, 6.45) is 3.28. The molecule has 0 aliphatic heterocycles. The number of rotatable bonds is 6. The van der Waals surface area contributed by atoms with Gasteiger partial charge in [-0.15, -0.1) is 0 Å². The molecule has 2 heterocycles. The summed E-state index contributed by atoms with van der Waals surface area (Å²) in [6.45, 7) is 0.869. The SMILES string of the molecule is NC(=O)COCCNc1nccc2occc12. The van der Waals surface area contributed by atoms with Crippen LogP contribution in [0.2, 0.25) is 0 Å². The Balaban J connectivity index is 1.86. The number of aromatic nitrogens is 1. The fraction of sp³-hybridized carbons (Fsp3) is 0.273. The number of primary amides is 1. The van der Waals surface area contributed by atoms with E-state index in [2.05, 4.69) is 10.3 Å². The third-order valence-corrected chi connectivity index (χ3v) is 2.16. The highest BCUT2D eigenvalue weighted by molar-refractivity contribution is 5.87. The van der Waals surface area contributed by atoms with E-state index < -0.39 is 5.91 Å². The lowest BCUT2D eigenvalue weighted by Gasteiger charge is -2.06. The molecule has 0 spiro atoms. The largest absolute Gasteiger partial charge is 0.464 e. The average Bonchev–Trinajstić information content (AvgIpc) is 2.77.